The van der Waals surface area contributed by atoms with E-state index in [0.717, 1.165) is 5.06 Å². The van der Waals surface area contributed by atoms with Crippen LogP contribution in [0.2, 0.25) is 0 Å². The summed E-state index contributed by atoms with van der Waals surface area (Å²) in [6.45, 7) is -0.404. The van der Waals surface area contributed by atoms with Crippen molar-refractivity contribution in [2.45, 2.75) is 6.61 Å². The lowest BCUT2D eigenvalue weighted by Gasteiger charge is -2.16. The smallest absolute Gasteiger partial charge is 0.277 e. The molecule has 1 amide bonds. The van der Waals surface area contributed by atoms with Crippen LogP contribution in [-0.4, -0.2) is 35.2 Å². The topological polar surface area (TPSA) is 92.9 Å². The lowest BCUT2D eigenvalue weighted by molar-refractivity contribution is -0.384. The third-order valence-electron chi connectivity index (χ3n) is 3.21. The Hall–Kier alpha value is -2.51. The van der Waals surface area contributed by atoms with Crippen molar-refractivity contribution in [2.75, 3.05) is 14.2 Å². The summed E-state index contributed by atoms with van der Waals surface area (Å²) in [4.78, 5) is 27.5. The Bertz CT molecular complexity index is 714. The molecule has 0 atom stereocenters. The molecule has 0 unspecified atom stereocenters. The minimum Gasteiger partial charge on any atom is -0.392 e. The van der Waals surface area contributed by atoms with Gasteiger partial charge >= 0.3 is 0 Å². The molecule has 2 rings (SSSR count). The second kappa shape index (κ2) is 5.86. The highest BCUT2D eigenvalue weighted by atomic mass is 16.7. The molecule has 0 heterocycles. The van der Waals surface area contributed by atoms with E-state index in [4.69, 9.17) is 4.84 Å². The first kappa shape index (κ1) is 14.9. The fraction of sp³-hybridized carbons (Fsp3) is 0.214. The van der Waals surface area contributed by atoms with Gasteiger partial charge in [0.15, 0.2) is 0 Å². The molecule has 7 nitrogen and oxygen atoms in total. The van der Waals surface area contributed by atoms with Gasteiger partial charge in [0.1, 0.15) is 0 Å². The van der Waals surface area contributed by atoms with Crippen LogP contribution in [-0.2, 0) is 11.4 Å². The molecule has 1 N–H and O–H groups in total. The van der Waals surface area contributed by atoms with Crippen LogP contribution >= 0.6 is 0 Å². The highest BCUT2D eigenvalue weighted by Crippen LogP contribution is 2.29. The molecule has 21 heavy (non-hydrogen) atoms. The molecule has 2 aromatic carbocycles. The van der Waals surface area contributed by atoms with Gasteiger partial charge in [-0.2, -0.15) is 0 Å². The maximum Gasteiger partial charge on any atom is 0.277 e. The van der Waals surface area contributed by atoms with Crippen LogP contribution in [0.4, 0.5) is 5.69 Å². The predicted octanol–water partition coefficient (Wildman–Crippen LogP) is 1.87. The van der Waals surface area contributed by atoms with Gasteiger partial charge in [-0.25, -0.2) is 5.06 Å². The fourth-order valence-corrected chi connectivity index (χ4v) is 2.16. The number of aliphatic hydroxyl groups excluding tert-OH is 1. The number of fused-ring (bicyclic) bond motifs is 1. The van der Waals surface area contributed by atoms with E-state index in [1.165, 1.54) is 26.3 Å². The third kappa shape index (κ3) is 2.69. The SMILES string of the molecule is CON(C)C(=O)c1cccc2cc([N+](=O)[O-])cc(CO)c12. The summed E-state index contributed by atoms with van der Waals surface area (Å²) in [5.41, 5.74) is 0.514. The Kier molecular flexibility index (Phi) is 4.15. The predicted molar refractivity (Wildman–Crippen MR) is 75.6 cm³/mol. The number of carbonyl (C=O) groups is 1. The van der Waals surface area contributed by atoms with E-state index < -0.39 is 17.4 Å². The Balaban J connectivity index is 2.74. The first-order chi connectivity index (χ1) is 9.99. The number of hydrogen-bond acceptors (Lipinski definition) is 5. The quantitative estimate of drug-likeness (QED) is 0.685. The van der Waals surface area contributed by atoms with Crippen molar-refractivity contribution in [1.82, 2.24) is 5.06 Å². The average Bonchev–Trinajstić information content (AvgIpc) is 2.51. The standard InChI is InChI=1S/C14H14N2O5/c1-15(21-2)14(18)12-5-3-4-9-6-11(16(19)20)7-10(8-17)13(9)12/h3-7,17H,8H2,1-2H3. The Labute approximate surface area is 120 Å². The molecule has 0 spiro atoms. The maximum atomic E-state index is 12.3. The van der Waals surface area contributed by atoms with Gasteiger partial charge in [0.25, 0.3) is 11.6 Å². The molecular weight excluding hydrogens is 276 g/mol. The molecule has 0 saturated carbocycles. The number of nitrogens with zero attached hydrogens (tertiary/aromatic N) is 2. The van der Waals surface area contributed by atoms with E-state index in [1.54, 1.807) is 18.2 Å². The molecule has 0 radical (unpaired) electrons. The molecule has 0 aliphatic rings. The summed E-state index contributed by atoms with van der Waals surface area (Å²) in [7, 11) is 2.83. The van der Waals surface area contributed by atoms with Crippen molar-refractivity contribution in [3.05, 3.63) is 51.6 Å². The second-order valence-electron chi connectivity index (χ2n) is 4.41. The summed E-state index contributed by atoms with van der Waals surface area (Å²) < 4.78 is 0. The van der Waals surface area contributed by atoms with Crippen molar-refractivity contribution in [3.63, 3.8) is 0 Å². The lowest BCUT2D eigenvalue weighted by Crippen LogP contribution is -2.25. The molecule has 0 saturated heterocycles. The van der Waals surface area contributed by atoms with E-state index in [2.05, 4.69) is 0 Å². The molecular formula is C14H14N2O5. The zero-order valence-electron chi connectivity index (χ0n) is 11.6. The number of benzene rings is 2. The monoisotopic (exact) mass is 290 g/mol. The van der Waals surface area contributed by atoms with E-state index in [9.17, 15) is 20.0 Å². The van der Waals surface area contributed by atoms with Crippen molar-refractivity contribution in [2.24, 2.45) is 0 Å². The Morgan fingerprint density at radius 3 is 2.71 bits per heavy atom. The van der Waals surface area contributed by atoms with Crippen LogP contribution in [0.5, 0.6) is 0 Å². The van der Waals surface area contributed by atoms with Crippen LogP contribution in [0.15, 0.2) is 30.3 Å². The van der Waals surface area contributed by atoms with Crippen LogP contribution in [0.3, 0.4) is 0 Å². The molecule has 0 bridgehead atoms. The van der Waals surface area contributed by atoms with E-state index in [-0.39, 0.29) is 5.69 Å². The number of hydroxylamine groups is 2. The highest BCUT2D eigenvalue weighted by Gasteiger charge is 2.19. The van der Waals surface area contributed by atoms with Crippen LogP contribution in [0.1, 0.15) is 15.9 Å². The molecule has 0 aliphatic carbocycles. The largest absolute Gasteiger partial charge is 0.392 e. The zero-order valence-corrected chi connectivity index (χ0v) is 11.6. The number of aliphatic hydroxyl groups is 1. The van der Waals surface area contributed by atoms with Crippen molar-refractivity contribution in [1.29, 1.82) is 0 Å². The van der Waals surface area contributed by atoms with Crippen molar-refractivity contribution >= 4 is 22.4 Å². The van der Waals surface area contributed by atoms with E-state index in [1.807, 2.05) is 0 Å². The van der Waals surface area contributed by atoms with Crippen LogP contribution in [0.25, 0.3) is 10.8 Å². The summed E-state index contributed by atoms with van der Waals surface area (Å²) in [6, 6.07) is 7.52. The fourth-order valence-electron chi connectivity index (χ4n) is 2.16. The second-order valence-corrected chi connectivity index (χ2v) is 4.41. The first-order valence-electron chi connectivity index (χ1n) is 6.12. The van der Waals surface area contributed by atoms with Gasteiger partial charge in [-0.05, 0) is 17.0 Å². The van der Waals surface area contributed by atoms with Gasteiger partial charge in [-0.15, -0.1) is 0 Å². The summed E-state index contributed by atoms with van der Waals surface area (Å²) in [5, 5.41) is 22.4. The lowest BCUT2D eigenvalue weighted by atomic mass is 9.98. The van der Waals surface area contributed by atoms with E-state index in [0.29, 0.717) is 21.9 Å². The number of rotatable bonds is 4. The van der Waals surface area contributed by atoms with E-state index >= 15 is 0 Å². The van der Waals surface area contributed by atoms with Gasteiger partial charge < -0.3 is 5.11 Å². The molecule has 0 aliphatic heterocycles. The van der Waals surface area contributed by atoms with Gasteiger partial charge in [-0.1, -0.05) is 12.1 Å². The maximum absolute atomic E-state index is 12.3. The van der Waals surface area contributed by atoms with Crippen molar-refractivity contribution in [3.8, 4) is 0 Å². The number of amides is 1. The van der Waals surface area contributed by atoms with Gasteiger partial charge in [0.05, 0.1) is 18.6 Å². The average molecular weight is 290 g/mol. The first-order valence-corrected chi connectivity index (χ1v) is 6.12. The Morgan fingerprint density at radius 1 is 1.43 bits per heavy atom. The number of carbonyl (C=O) groups excluding carboxylic acids is 1. The number of nitro benzene ring substituents is 1. The summed E-state index contributed by atoms with van der Waals surface area (Å²) >= 11 is 0. The molecule has 0 fully saturated rings. The number of nitro groups is 1. The number of hydrogen-bond donors (Lipinski definition) is 1. The van der Waals surface area contributed by atoms with Gasteiger partial charge in [-0.3, -0.25) is 19.7 Å². The molecule has 110 valence electrons. The highest BCUT2D eigenvalue weighted by molar-refractivity contribution is 6.08. The van der Waals surface area contributed by atoms with Crippen LogP contribution < -0.4 is 0 Å². The third-order valence-corrected chi connectivity index (χ3v) is 3.21. The minimum absolute atomic E-state index is 0.128. The Morgan fingerprint density at radius 2 is 2.14 bits per heavy atom. The minimum atomic E-state index is -0.533. The summed E-state index contributed by atoms with van der Waals surface area (Å²) in [5.74, 6) is -0.397. The molecule has 2 aromatic rings. The van der Waals surface area contributed by atoms with Crippen LogP contribution in [0, 0.1) is 10.1 Å². The summed E-state index contributed by atoms with van der Waals surface area (Å²) in [6.07, 6.45) is 0. The zero-order chi connectivity index (χ0) is 15.6. The van der Waals surface area contributed by atoms with Crippen molar-refractivity contribution < 1.29 is 19.7 Å². The van der Waals surface area contributed by atoms with Gasteiger partial charge in [0.2, 0.25) is 0 Å². The normalized spacial score (nSPS) is 10.6. The number of non-ortho nitro benzene ring substituents is 1. The van der Waals surface area contributed by atoms with Gasteiger partial charge in [0, 0.05) is 30.1 Å². The molecule has 0 aromatic heterocycles. The molecule has 7 heteroatoms.